The number of hydrogen-bond acceptors (Lipinski definition) is 4. The number of methoxy groups -OCH3 is 2. The highest BCUT2D eigenvalue weighted by molar-refractivity contribution is 5.82. The average Bonchev–Trinajstić information content (AvgIpc) is 2.49. The lowest BCUT2D eigenvalue weighted by molar-refractivity contribution is -0.161. The summed E-state index contributed by atoms with van der Waals surface area (Å²) >= 11 is 0. The third-order valence-electron chi connectivity index (χ3n) is 4.35. The summed E-state index contributed by atoms with van der Waals surface area (Å²) in [5.41, 5.74) is -1.05. The fraction of sp³-hybridized carbons (Fsp3) is 0.833. The molecule has 0 aliphatic heterocycles. The minimum absolute atomic E-state index is 0.235. The molecule has 4 nitrogen and oxygen atoms in total. The van der Waals surface area contributed by atoms with Crippen LogP contribution in [0.3, 0.4) is 0 Å². The van der Waals surface area contributed by atoms with Crippen LogP contribution in [0.1, 0.15) is 33.6 Å². The molecule has 0 saturated heterocycles. The van der Waals surface area contributed by atoms with Gasteiger partial charge in [-0.25, -0.2) is 0 Å². The molecule has 16 heavy (non-hydrogen) atoms. The van der Waals surface area contributed by atoms with Crippen LogP contribution < -0.4 is 0 Å². The van der Waals surface area contributed by atoms with Crippen LogP contribution in [-0.4, -0.2) is 26.2 Å². The molecule has 0 bridgehead atoms. The van der Waals surface area contributed by atoms with Gasteiger partial charge in [-0.15, -0.1) is 0 Å². The van der Waals surface area contributed by atoms with Gasteiger partial charge >= 0.3 is 11.9 Å². The lowest BCUT2D eigenvalue weighted by Gasteiger charge is -2.38. The maximum Gasteiger partial charge on any atom is 0.312 e. The van der Waals surface area contributed by atoms with Crippen molar-refractivity contribution in [3.05, 3.63) is 0 Å². The van der Waals surface area contributed by atoms with Crippen LogP contribution in [0.2, 0.25) is 0 Å². The van der Waals surface area contributed by atoms with Crippen molar-refractivity contribution in [2.75, 3.05) is 14.2 Å². The minimum atomic E-state index is -0.611. The highest BCUT2D eigenvalue weighted by atomic mass is 16.5. The van der Waals surface area contributed by atoms with Crippen molar-refractivity contribution in [1.82, 2.24) is 0 Å². The van der Waals surface area contributed by atoms with Gasteiger partial charge in [-0.1, -0.05) is 13.8 Å². The Hall–Kier alpha value is -1.06. The van der Waals surface area contributed by atoms with E-state index in [0.717, 1.165) is 0 Å². The zero-order valence-electron chi connectivity index (χ0n) is 10.6. The van der Waals surface area contributed by atoms with Gasteiger partial charge in [0, 0.05) is 0 Å². The molecule has 92 valence electrons. The second kappa shape index (κ2) is 4.07. The molecule has 2 atom stereocenters. The summed E-state index contributed by atoms with van der Waals surface area (Å²) in [5.74, 6) is -0.719. The van der Waals surface area contributed by atoms with E-state index in [9.17, 15) is 9.59 Å². The normalized spacial score (nSPS) is 32.2. The Morgan fingerprint density at radius 1 is 1.12 bits per heavy atom. The number of ether oxygens (including phenoxy) is 2. The highest BCUT2D eigenvalue weighted by Crippen LogP contribution is 2.56. The summed E-state index contributed by atoms with van der Waals surface area (Å²) in [6.45, 7) is 5.72. The molecule has 1 aliphatic rings. The molecular formula is C12H20O4. The number of carbonyl (C=O) groups excluding carboxylic acids is 2. The Morgan fingerprint density at radius 3 is 2.12 bits per heavy atom. The quantitative estimate of drug-likeness (QED) is 0.676. The highest BCUT2D eigenvalue weighted by Gasteiger charge is 2.59. The first kappa shape index (κ1) is 13.0. The Bertz CT molecular complexity index is 308. The predicted octanol–water partition coefficient (Wildman–Crippen LogP) is 1.77. The average molecular weight is 228 g/mol. The van der Waals surface area contributed by atoms with E-state index >= 15 is 0 Å². The van der Waals surface area contributed by atoms with Crippen LogP contribution in [0.4, 0.5) is 0 Å². The number of hydrogen-bond donors (Lipinski definition) is 0. The first-order chi connectivity index (χ1) is 7.31. The van der Waals surface area contributed by atoms with Crippen molar-refractivity contribution in [3.8, 4) is 0 Å². The maximum absolute atomic E-state index is 11.8. The van der Waals surface area contributed by atoms with E-state index in [1.54, 1.807) is 0 Å². The molecule has 1 aliphatic carbocycles. The lowest BCUT2D eigenvalue weighted by Crippen LogP contribution is -2.43. The standard InChI is InChI=1S/C12H20O4/c1-11(2)8(9(13)15-4)6-7-12(11,3)10(14)16-5/h8H,6-7H2,1-5H3/t8-,12-/m0/s1. The van der Waals surface area contributed by atoms with Crippen molar-refractivity contribution in [1.29, 1.82) is 0 Å². The van der Waals surface area contributed by atoms with Gasteiger partial charge in [0.1, 0.15) is 0 Å². The molecule has 0 aromatic carbocycles. The van der Waals surface area contributed by atoms with E-state index in [-0.39, 0.29) is 17.9 Å². The maximum atomic E-state index is 11.8. The second-order valence-electron chi connectivity index (χ2n) is 5.16. The molecule has 1 saturated carbocycles. The van der Waals surface area contributed by atoms with Gasteiger partial charge in [0.25, 0.3) is 0 Å². The van der Waals surface area contributed by atoms with Crippen molar-refractivity contribution in [2.24, 2.45) is 16.7 Å². The summed E-state index contributed by atoms with van der Waals surface area (Å²) in [6.07, 6.45) is 1.33. The van der Waals surface area contributed by atoms with Gasteiger partial charge in [0.05, 0.1) is 25.6 Å². The zero-order valence-corrected chi connectivity index (χ0v) is 10.6. The fourth-order valence-corrected chi connectivity index (χ4v) is 2.65. The molecule has 0 amide bonds. The van der Waals surface area contributed by atoms with Gasteiger partial charge < -0.3 is 9.47 Å². The lowest BCUT2D eigenvalue weighted by atomic mass is 9.65. The fourth-order valence-electron chi connectivity index (χ4n) is 2.65. The molecular weight excluding hydrogens is 208 g/mol. The third-order valence-corrected chi connectivity index (χ3v) is 4.35. The first-order valence-corrected chi connectivity index (χ1v) is 5.47. The molecule has 0 aromatic rings. The Kier molecular flexibility index (Phi) is 3.31. The molecule has 1 rings (SSSR count). The van der Waals surface area contributed by atoms with Gasteiger partial charge in [-0.05, 0) is 25.2 Å². The van der Waals surface area contributed by atoms with E-state index in [1.165, 1.54) is 14.2 Å². The molecule has 0 unspecified atom stereocenters. The molecule has 4 heteroatoms. The topological polar surface area (TPSA) is 52.6 Å². The molecule has 0 aromatic heterocycles. The van der Waals surface area contributed by atoms with E-state index in [0.29, 0.717) is 12.8 Å². The van der Waals surface area contributed by atoms with Crippen molar-refractivity contribution in [2.45, 2.75) is 33.6 Å². The van der Waals surface area contributed by atoms with Crippen LogP contribution in [-0.2, 0) is 19.1 Å². The summed E-state index contributed by atoms with van der Waals surface area (Å²) in [6, 6.07) is 0. The minimum Gasteiger partial charge on any atom is -0.469 e. The van der Waals surface area contributed by atoms with Crippen molar-refractivity contribution >= 4 is 11.9 Å². The molecule has 1 fully saturated rings. The van der Waals surface area contributed by atoms with Crippen LogP contribution >= 0.6 is 0 Å². The first-order valence-electron chi connectivity index (χ1n) is 5.47. The predicted molar refractivity (Wildman–Crippen MR) is 58.6 cm³/mol. The third kappa shape index (κ3) is 1.60. The van der Waals surface area contributed by atoms with Crippen molar-refractivity contribution in [3.63, 3.8) is 0 Å². The van der Waals surface area contributed by atoms with Crippen LogP contribution in [0.5, 0.6) is 0 Å². The smallest absolute Gasteiger partial charge is 0.312 e. The van der Waals surface area contributed by atoms with E-state index in [2.05, 4.69) is 0 Å². The molecule has 0 spiro atoms. The van der Waals surface area contributed by atoms with Crippen LogP contribution in [0.25, 0.3) is 0 Å². The van der Waals surface area contributed by atoms with Gasteiger partial charge in [0.2, 0.25) is 0 Å². The summed E-state index contributed by atoms with van der Waals surface area (Å²) in [7, 11) is 2.77. The molecule has 0 heterocycles. The van der Waals surface area contributed by atoms with Crippen LogP contribution in [0, 0.1) is 16.7 Å². The van der Waals surface area contributed by atoms with E-state index in [1.807, 2.05) is 20.8 Å². The zero-order chi connectivity index (χ0) is 12.6. The number of rotatable bonds is 2. The van der Waals surface area contributed by atoms with Gasteiger partial charge in [-0.2, -0.15) is 0 Å². The van der Waals surface area contributed by atoms with E-state index < -0.39 is 10.8 Å². The van der Waals surface area contributed by atoms with Crippen LogP contribution in [0.15, 0.2) is 0 Å². The SMILES string of the molecule is COC(=O)[C@@H]1CC[C@@](C)(C(=O)OC)C1(C)C. The Balaban J connectivity index is 3.03. The molecule has 0 radical (unpaired) electrons. The van der Waals surface area contributed by atoms with E-state index in [4.69, 9.17) is 9.47 Å². The Labute approximate surface area is 96.3 Å². The molecule has 0 N–H and O–H groups in total. The second-order valence-corrected chi connectivity index (χ2v) is 5.16. The monoisotopic (exact) mass is 228 g/mol. The largest absolute Gasteiger partial charge is 0.469 e. The number of carbonyl (C=O) groups is 2. The number of esters is 2. The Morgan fingerprint density at radius 2 is 1.69 bits per heavy atom. The van der Waals surface area contributed by atoms with Crippen molar-refractivity contribution < 1.29 is 19.1 Å². The van der Waals surface area contributed by atoms with Gasteiger partial charge in [0.15, 0.2) is 0 Å². The summed E-state index contributed by atoms with van der Waals surface area (Å²) in [5, 5.41) is 0. The van der Waals surface area contributed by atoms with Gasteiger partial charge in [-0.3, -0.25) is 9.59 Å². The summed E-state index contributed by atoms with van der Waals surface area (Å²) in [4.78, 5) is 23.5. The summed E-state index contributed by atoms with van der Waals surface area (Å²) < 4.78 is 9.63.